The molecule has 2 rings (SSSR count). The molecule has 1 amide bonds. The van der Waals surface area contributed by atoms with Crippen LogP contribution in [0.5, 0.6) is 0 Å². The van der Waals surface area contributed by atoms with E-state index in [4.69, 9.17) is 0 Å². The summed E-state index contributed by atoms with van der Waals surface area (Å²) in [6.45, 7) is 6.64. The Morgan fingerprint density at radius 2 is 1.95 bits per heavy atom. The maximum absolute atomic E-state index is 12.3. The number of likely N-dealkylation sites (tertiary alicyclic amines) is 1. The molecule has 0 aliphatic carbocycles. The van der Waals surface area contributed by atoms with Gasteiger partial charge in [0.15, 0.2) is 0 Å². The van der Waals surface area contributed by atoms with Crippen LogP contribution in [0.15, 0.2) is 0 Å². The molecule has 0 aromatic carbocycles. The van der Waals surface area contributed by atoms with Crippen LogP contribution in [0.3, 0.4) is 0 Å². The maximum Gasteiger partial charge on any atom is 0.222 e. The number of hydrogen-bond donors (Lipinski definition) is 0. The monoisotopic (exact) mass is 284 g/mol. The minimum absolute atomic E-state index is 0.381. The van der Waals surface area contributed by atoms with Gasteiger partial charge in [0.1, 0.15) is 0 Å². The van der Waals surface area contributed by atoms with Crippen molar-refractivity contribution in [3.8, 4) is 0 Å². The highest BCUT2D eigenvalue weighted by Gasteiger charge is 2.27. The van der Waals surface area contributed by atoms with Gasteiger partial charge in [-0.05, 0) is 44.5 Å². The lowest BCUT2D eigenvalue weighted by atomic mass is 10.1. The van der Waals surface area contributed by atoms with E-state index in [0.29, 0.717) is 11.9 Å². The van der Waals surface area contributed by atoms with Crippen LogP contribution in [0, 0.1) is 0 Å². The molecule has 2 aliphatic rings. The Balaban J connectivity index is 1.93. The van der Waals surface area contributed by atoms with Gasteiger partial charge >= 0.3 is 0 Å². The first-order chi connectivity index (χ1) is 9.31. The summed E-state index contributed by atoms with van der Waals surface area (Å²) in [5.41, 5.74) is 0. The van der Waals surface area contributed by atoms with Crippen molar-refractivity contribution in [2.45, 2.75) is 51.5 Å². The molecule has 2 aliphatic heterocycles. The van der Waals surface area contributed by atoms with Crippen molar-refractivity contribution in [3.63, 3.8) is 0 Å². The molecule has 0 bridgehead atoms. The molecule has 0 N–H and O–H groups in total. The van der Waals surface area contributed by atoms with Crippen LogP contribution in [0.2, 0.25) is 0 Å². The largest absolute Gasteiger partial charge is 0.338 e. The minimum Gasteiger partial charge on any atom is -0.338 e. The fourth-order valence-corrected chi connectivity index (χ4v) is 4.16. The molecule has 0 aromatic rings. The SMILES string of the molecule is CCCC(=O)N1CCCSCC1CN1CCCCC1. The zero-order valence-corrected chi connectivity index (χ0v) is 13.1. The number of amides is 1. The van der Waals surface area contributed by atoms with Gasteiger partial charge in [0, 0.05) is 25.3 Å². The van der Waals surface area contributed by atoms with E-state index in [9.17, 15) is 4.79 Å². The Morgan fingerprint density at radius 1 is 1.16 bits per heavy atom. The quantitative estimate of drug-likeness (QED) is 0.793. The van der Waals surface area contributed by atoms with Crippen LogP contribution in [0.1, 0.15) is 45.4 Å². The number of carbonyl (C=O) groups excluding carboxylic acids is 1. The van der Waals surface area contributed by atoms with Crippen molar-refractivity contribution < 1.29 is 4.79 Å². The summed E-state index contributed by atoms with van der Waals surface area (Å²) in [6, 6.07) is 0.449. The van der Waals surface area contributed by atoms with Gasteiger partial charge in [0.2, 0.25) is 5.91 Å². The van der Waals surface area contributed by atoms with E-state index < -0.39 is 0 Å². The molecule has 2 heterocycles. The van der Waals surface area contributed by atoms with E-state index in [2.05, 4.69) is 16.7 Å². The van der Waals surface area contributed by atoms with Crippen LogP contribution in [-0.4, -0.2) is 59.4 Å². The van der Waals surface area contributed by atoms with E-state index in [1.807, 2.05) is 11.8 Å². The average Bonchev–Trinajstić information content (AvgIpc) is 2.66. The predicted molar refractivity (Wildman–Crippen MR) is 82.6 cm³/mol. The van der Waals surface area contributed by atoms with Gasteiger partial charge in [-0.2, -0.15) is 11.8 Å². The Morgan fingerprint density at radius 3 is 2.68 bits per heavy atom. The summed E-state index contributed by atoms with van der Waals surface area (Å²) >= 11 is 2.03. The van der Waals surface area contributed by atoms with E-state index in [1.54, 1.807) is 0 Å². The molecule has 1 unspecified atom stereocenters. The lowest BCUT2D eigenvalue weighted by molar-refractivity contribution is -0.133. The Hall–Kier alpha value is -0.220. The van der Waals surface area contributed by atoms with E-state index in [1.165, 1.54) is 38.1 Å². The van der Waals surface area contributed by atoms with Gasteiger partial charge in [0.25, 0.3) is 0 Å². The van der Waals surface area contributed by atoms with Gasteiger partial charge in [0.05, 0.1) is 6.04 Å². The van der Waals surface area contributed by atoms with Crippen molar-refractivity contribution in [3.05, 3.63) is 0 Å². The molecular weight excluding hydrogens is 256 g/mol. The molecule has 4 heteroatoms. The number of nitrogens with zero attached hydrogens (tertiary/aromatic N) is 2. The van der Waals surface area contributed by atoms with Crippen molar-refractivity contribution in [1.82, 2.24) is 9.80 Å². The summed E-state index contributed by atoms with van der Waals surface area (Å²) in [5, 5.41) is 0. The van der Waals surface area contributed by atoms with E-state index >= 15 is 0 Å². The standard InChI is InChI=1S/C15H28N2OS/c1-2-7-15(18)17-10-6-11-19-13-14(17)12-16-8-4-3-5-9-16/h14H,2-13H2,1H3. The zero-order valence-electron chi connectivity index (χ0n) is 12.3. The summed E-state index contributed by atoms with van der Waals surface area (Å²) in [4.78, 5) is 17.1. The van der Waals surface area contributed by atoms with Gasteiger partial charge in [-0.1, -0.05) is 13.3 Å². The lowest BCUT2D eigenvalue weighted by Gasteiger charge is -2.35. The highest BCUT2D eigenvalue weighted by atomic mass is 32.2. The lowest BCUT2D eigenvalue weighted by Crippen LogP contribution is -2.49. The number of thioether (sulfide) groups is 1. The predicted octanol–water partition coefficient (Wildman–Crippen LogP) is 2.61. The van der Waals surface area contributed by atoms with E-state index in [-0.39, 0.29) is 0 Å². The first kappa shape index (κ1) is 15.2. The minimum atomic E-state index is 0.381. The first-order valence-corrected chi connectivity index (χ1v) is 9.06. The van der Waals surface area contributed by atoms with Crippen LogP contribution < -0.4 is 0 Å². The molecule has 2 fully saturated rings. The Bertz CT molecular complexity index is 279. The molecule has 0 spiro atoms. The topological polar surface area (TPSA) is 23.6 Å². The van der Waals surface area contributed by atoms with Crippen LogP contribution in [-0.2, 0) is 4.79 Å². The highest BCUT2D eigenvalue weighted by Crippen LogP contribution is 2.20. The molecule has 0 saturated carbocycles. The second kappa shape index (κ2) is 8.15. The second-order valence-electron chi connectivity index (χ2n) is 5.78. The van der Waals surface area contributed by atoms with Crippen molar-refractivity contribution in [1.29, 1.82) is 0 Å². The van der Waals surface area contributed by atoms with Crippen LogP contribution in [0.4, 0.5) is 0 Å². The first-order valence-electron chi connectivity index (χ1n) is 7.91. The number of hydrogen-bond acceptors (Lipinski definition) is 3. The number of carbonyl (C=O) groups is 1. The second-order valence-corrected chi connectivity index (χ2v) is 6.93. The normalized spacial score (nSPS) is 26.2. The Labute approximate surface area is 122 Å². The third kappa shape index (κ3) is 4.67. The van der Waals surface area contributed by atoms with E-state index in [0.717, 1.165) is 38.1 Å². The fourth-order valence-electron chi connectivity index (χ4n) is 3.11. The fraction of sp³-hybridized carbons (Fsp3) is 0.933. The third-order valence-corrected chi connectivity index (χ3v) is 5.34. The summed E-state index contributed by atoms with van der Waals surface area (Å²) in [5.74, 6) is 2.73. The third-order valence-electron chi connectivity index (χ3n) is 4.14. The molecule has 19 heavy (non-hydrogen) atoms. The molecule has 2 saturated heterocycles. The maximum atomic E-state index is 12.3. The summed E-state index contributed by atoms with van der Waals surface area (Å²) < 4.78 is 0. The zero-order chi connectivity index (χ0) is 13.5. The number of rotatable bonds is 4. The smallest absolute Gasteiger partial charge is 0.222 e. The van der Waals surface area contributed by atoms with Gasteiger partial charge in [-0.15, -0.1) is 0 Å². The van der Waals surface area contributed by atoms with Crippen molar-refractivity contribution >= 4 is 17.7 Å². The molecule has 0 aromatic heterocycles. The molecule has 3 nitrogen and oxygen atoms in total. The van der Waals surface area contributed by atoms with Gasteiger partial charge in [-0.3, -0.25) is 4.79 Å². The Kier molecular flexibility index (Phi) is 6.51. The van der Waals surface area contributed by atoms with Crippen LogP contribution >= 0.6 is 11.8 Å². The molecule has 1 atom stereocenters. The van der Waals surface area contributed by atoms with Crippen molar-refractivity contribution in [2.75, 3.05) is 37.7 Å². The van der Waals surface area contributed by atoms with Gasteiger partial charge in [-0.25, -0.2) is 0 Å². The van der Waals surface area contributed by atoms with Crippen LogP contribution in [0.25, 0.3) is 0 Å². The summed E-state index contributed by atoms with van der Waals surface area (Å²) in [6.07, 6.45) is 6.91. The van der Waals surface area contributed by atoms with Crippen molar-refractivity contribution in [2.24, 2.45) is 0 Å². The number of piperidine rings is 1. The molecule has 110 valence electrons. The average molecular weight is 284 g/mol. The van der Waals surface area contributed by atoms with Gasteiger partial charge < -0.3 is 9.80 Å². The summed E-state index contributed by atoms with van der Waals surface area (Å²) in [7, 11) is 0. The highest BCUT2D eigenvalue weighted by molar-refractivity contribution is 7.99. The molecule has 0 radical (unpaired) electrons. The molecular formula is C15H28N2OS.